The van der Waals surface area contributed by atoms with Crippen molar-refractivity contribution in [2.24, 2.45) is 0 Å². The molecule has 0 aliphatic rings. The normalized spacial score (nSPS) is 11.8. The van der Waals surface area contributed by atoms with Crippen LogP contribution in [0.3, 0.4) is 0 Å². The fourth-order valence-electron chi connectivity index (χ4n) is 1.47. The second-order valence-corrected chi connectivity index (χ2v) is 3.79. The summed E-state index contributed by atoms with van der Waals surface area (Å²) in [7, 11) is 0. The van der Waals surface area contributed by atoms with E-state index < -0.39 is 17.8 Å². The molecule has 0 saturated carbocycles. The molecule has 0 bridgehead atoms. The lowest BCUT2D eigenvalue weighted by Crippen LogP contribution is -2.10. The van der Waals surface area contributed by atoms with Crippen molar-refractivity contribution in [1.29, 1.82) is 0 Å². The van der Waals surface area contributed by atoms with Gasteiger partial charge in [0.1, 0.15) is 18.3 Å². The molecule has 0 radical (unpaired) electrons. The predicted octanol–water partition coefficient (Wildman–Crippen LogP) is 2.31. The molecule has 0 saturated heterocycles. The zero-order valence-electron chi connectivity index (χ0n) is 9.94. The van der Waals surface area contributed by atoms with Gasteiger partial charge in [-0.2, -0.15) is 13.2 Å². The fraction of sp³-hybridized carbons (Fsp3) is 0.364. The van der Waals surface area contributed by atoms with Crippen LogP contribution >= 0.6 is 0 Å². The Morgan fingerprint density at radius 1 is 1.37 bits per heavy atom. The minimum Gasteiger partial charge on any atom is -0.461 e. The molecule has 0 aliphatic heterocycles. The number of rotatable bonds is 3. The van der Waals surface area contributed by atoms with Crippen molar-refractivity contribution in [2.75, 3.05) is 6.61 Å². The number of esters is 1. The summed E-state index contributed by atoms with van der Waals surface area (Å²) in [6.45, 7) is 2.00. The van der Waals surface area contributed by atoms with E-state index in [-0.39, 0.29) is 17.8 Å². The van der Waals surface area contributed by atoms with Gasteiger partial charge in [0, 0.05) is 0 Å². The van der Waals surface area contributed by atoms with Gasteiger partial charge in [0.25, 0.3) is 0 Å². The monoisotopic (exact) mass is 273 g/mol. The first-order valence-corrected chi connectivity index (χ1v) is 5.50. The van der Waals surface area contributed by atoms with Crippen LogP contribution in [0.1, 0.15) is 29.5 Å². The maximum absolute atomic E-state index is 12.5. The summed E-state index contributed by atoms with van der Waals surface area (Å²) in [6, 6.07) is 0.773. The Morgan fingerprint density at radius 2 is 2.05 bits per heavy atom. The van der Waals surface area contributed by atoms with E-state index >= 15 is 0 Å². The van der Waals surface area contributed by atoms with Gasteiger partial charge in [0.05, 0.1) is 12.1 Å². The Bertz CT molecular complexity index is 607. The van der Waals surface area contributed by atoms with E-state index in [4.69, 9.17) is 4.74 Å². The molecule has 102 valence electrons. The van der Waals surface area contributed by atoms with Crippen LogP contribution < -0.4 is 0 Å². The largest absolute Gasteiger partial charge is 0.461 e. The van der Waals surface area contributed by atoms with Gasteiger partial charge in [-0.05, 0) is 12.5 Å². The lowest BCUT2D eigenvalue weighted by Gasteiger charge is -2.06. The maximum Gasteiger partial charge on any atom is 0.433 e. The molecule has 0 spiro atoms. The number of ether oxygens (including phenoxy) is 1. The van der Waals surface area contributed by atoms with Gasteiger partial charge >= 0.3 is 12.1 Å². The molecule has 0 atom stereocenters. The molecule has 2 aromatic rings. The number of alkyl halides is 3. The average molecular weight is 273 g/mol. The maximum atomic E-state index is 12.5. The number of halogens is 3. The van der Waals surface area contributed by atoms with Crippen LogP contribution in [0.15, 0.2) is 18.7 Å². The van der Waals surface area contributed by atoms with E-state index in [1.54, 1.807) is 0 Å². The van der Waals surface area contributed by atoms with Gasteiger partial charge in [-0.15, -0.1) is 0 Å². The van der Waals surface area contributed by atoms with Crippen molar-refractivity contribution in [3.8, 4) is 0 Å². The molecule has 19 heavy (non-hydrogen) atoms. The Hall–Kier alpha value is -2.12. The van der Waals surface area contributed by atoms with Crippen molar-refractivity contribution in [3.63, 3.8) is 0 Å². The highest BCUT2D eigenvalue weighted by molar-refractivity contribution is 5.94. The molecule has 0 unspecified atom stereocenters. The summed E-state index contributed by atoms with van der Waals surface area (Å²) in [5.74, 6) is -0.747. The van der Waals surface area contributed by atoms with Crippen molar-refractivity contribution in [3.05, 3.63) is 30.1 Å². The zero-order valence-corrected chi connectivity index (χ0v) is 9.94. The highest BCUT2D eigenvalue weighted by atomic mass is 19.4. The number of hydrogen-bond donors (Lipinski definition) is 0. The average Bonchev–Trinajstić information content (AvgIpc) is 2.77. The number of fused-ring (bicyclic) bond motifs is 1. The van der Waals surface area contributed by atoms with Gasteiger partial charge in [-0.25, -0.2) is 14.8 Å². The Balaban J connectivity index is 2.43. The van der Waals surface area contributed by atoms with Gasteiger partial charge in [0.2, 0.25) is 0 Å². The molecule has 2 heterocycles. The molecule has 0 amide bonds. The van der Waals surface area contributed by atoms with Crippen LogP contribution in [0.2, 0.25) is 0 Å². The van der Waals surface area contributed by atoms with Crippen LogP contribution in [0, 0.1) is 0 Å². The summed E-state index contributed by atoms with van der Waals surface area (Å²) in [6.07, 6.45) is -1.78. The summed E-state index contributed by atoms with van der Waals surface area (Å²) in [4.78, 5) is 18.7. The van der Waals surface area contributed by atoms with E-state index in [2.05, 4.69) is 9.97 Å². The minimum absolute atomic E-state index is 0.0171. The van der Waals surface area contributed by atoms with Crippen molar-refractivity contribution in [2.45, 2.75) is 19.5 Å². The van der Waals surface area contributed by atoms with E-state index in [9.17, 15) is 18.0 Å². The van der Waals surface area contributed by atoms with Crippen molar-refractivity contribution in [1.82, 2.24) is 14.4 Å². The van der Waals surface area contributed by atoms with Crippen LogP contribution in [0.25, 0.3) is 5.52 Å². The number of aromatic nitrogens is 3. The first-order valence-electron chi connectivity index (χ1n) is 5.50. The standard InChI is InChI=1S/C11H10F3N3O2/c1-2-3-19-10(18)9-7-4-8(11(12,13)14)15-5-17(7)6-16-9/h4-6H,2-3H2,1H3. The summed E-state index contributed by atoms with van der Waals surface area (Å²) in [5.41, 5.74) is -1.21. The quantitative estimate of drug-likeness (QED) is 0.805. The number of hydrogen-bond acceptors (Lipinski definition) is 4. The van der Waals surface area contributed by atoms with Crippen LogP contribution in [-0.4, -0.2) is 26.9 Å². The highest BCUT2D eigenvalue weighted by Gasteiger charge is 2.33. The summed E-state index contributed by atoms with van der Waals surface area (Å²) >= 11 is 0. The van der Waals surface area contributed by atoms with Crippen LogP contribution in [0.5, 0.6) is 0 Å². The van der Waals surface area contributed by atoms with Gasteiger partial charge < -0.3 is 4.74 Å². The van der Waals surface area contributed by atoms with Crippen LogP contribution in [-0.2, 0) is 10.9 Å². The SMILES string of the molecule is CCCOC(=O)c1ncn2cnc(C(F)(F)F)cc12. The molecule has 0 aromatic carbocycles. The van der Waals surface area contributed by atoms with Crippen molar-refractivity contribution < 1.29 is 22.7 Å². The van der Waals surface area contributed by atoms with E-state index in [0.29, 0.717) is 6.42 Å². The van der Waals surface area contributed by atoms with Gasteiger partial charge in [0.15, 0.2) is 5.69 Å². The third kappa shape index (κ3) is 2.67. The first-order chi connectivity index (χ1) is 8.93. The topological polar surface area (TPSA) is 56.5 Å². The molecule has 8 heteroatoms. The minimum atomic E-state index is -4.57. The molecule has 0 fully saturated rings. The van der Waals surface area contributed by atoms with Crippen molar-refractivity contribution >= 4 is 11.5 Å². The third-order valence-electron chi connectivity index (χ3n) is 2.35. The third-order valence-corrected chi connectivity index (χ3v) is 2.35. The molecule has 2 aromatic heterocycles. The first kappa shape index (κ1) is 13.3. The lowest BCUT2D eigenvalue weighted by atomic mass is 10.3. The molecular formula is C11H10F3N3O2. The van der Waals surface area contributed by atoms with Gasteiger partial charge in [-0.1, -0.05) is 6.92 Å². The number of carbonyl (C=O) groups excluding carboxylic acids is 1. The summed E-state index contributed by atoms with van der Waals surface area (Å²) in [5, 5.41) is 0. The Labute approximate surface area is 106 Å². The second-order valence-electron chi connectivity index (χ2n) is 3.79. The van der Waals surface area contributed by atoms with E-state index in [1.807, 2.05) is 6.92 Å². The zero-order chi connectivity index (χ0) is 14.0. The molecule has 0 aliphatic carbocycles. The summed E-state index contributed by atoms with van der Waals surface area (Å²) < 4.78 is 43.7. The predicted molar refractivity (Wildman–Crippen MR) is 58.6 cm³/mol. The Kier molecular flexibility index (Phi) is 3.41. The van der Waals surface area contributed by atoms with E-state index in [1.165, 1.54) is 10.7 Å². The lowest BCUT2D eigenvalue weighted by molar-refractivity contribution is -0.141. The fourth-order valence-corrected chi connectivity index (χ4v) is 1.47. The Morgan fingerprint density at radius 3 is 2.68 bits per heavy atom. The highest BCUT2D eigenvalue weighted by Crippen LogP contribution is 2.28. The second kappa shape index (κ2) is 4.87. The number of nitrogens with zero attached hydrogens (tertiary/aromatic N) is 3. The van der Waals surface area contributed by atoms with Crippen LogP contribution in [0.4, 0.5) is 13.2 Å². The molecule has 0 N–H and O–H groups in total. The smallest absolute Gasteiger partial charge is 0.433 e. The molecular weight excluding hydrogens is 263 g/mol. The van der Waals surface area contributed by atoms with Gasteiger partial charge in [-0.3, -0.25) is 4.40 Å². The number of carbonyl (C=O) groups is 1. The van der Waals surface area contributed by atoms with E-state index in [0.717, 1.165) is 12.4 Å². The molecule has 5 nitrogen and oxygen atoms in total. The molecule has 2 rings (SSSR count). The number of imidazole rings is 1.